The van der Waals surface area contributed by atoms with E-state index in [0.717, 1.165) is 27.8 Å². The molecule has 1 atom stereocenters. The van der Waals surface area contributed by atoms with Gasteiger partial charge in [-0.05, 0) is 33.8 Å². The zero-order valence-electron chi connectivity index (χ0n) is 11.5. The maximum atomic E-state index is 9.23. The van der Waals surface area contributed by atoms with E-state index in [9.17, 15) is 5.26 Å². The normalized spacial score (nSPS) is 11.9. The lowest BCUT2D eigenvalue weighted by atomic mass is 10.1. The van der Waals surface area contributed by atoms with Gasteiger partial charge in [0.2, 0.25) is 0 Å². The first-order chi connectivity index (χ1) is 9.01. The molecular formula is C14H16N4S. The number of hydrogen-bond donors (Lipinski definition) is 1. The summed E-state index contributed by atoms with van der Waals surface area (Å²) in [4.78, 5) is 8.78. The second kappa shape index (κ2) is 5.37. The lowest BCUT2D eigenvalue weighted by Crippen LogP contribution is -2.09. The Bertz CT molecular complexity index is 639. The van der Waals surface area contributed by atoms with E-state index in [1.165, 1.54) is 0 Å². The Labute approximate surface area is 117 Å². The van der Waals surface area contributed by atoms with Gasteiger partial charge >= 0.3 is 0 Å². The van der Waals surface area contributed by atoms with Gasteiger partial charge < -0.3 is 5.32 Å². The number of nitriles is 1. The number of pyridine rings is 1. The summed E-state index contributed by atoms with van der Waals surface area (Å²) in [6.45, 7) is 7.81. The molecule has 0 amide bonds. The zero-order valence-corrected chi connectivity index (χ0v) is 12.3. The SMILES string of the molecule is Cc1csc(C(C)Nc2cc(C)nc(C)c2C#N)n1. The fourth-order valence-electron chi connectivity index (χ4n) is 1.95. The molecule has 2 aromatic heterocycles. The van der Waals surface area contributed by atoms with Gasteiger partial charge in [-0.2, -0.15) is 5.26 Å². The van der Waals surface area contributed by atoms with Crippen molar-refractivity contribution in [3.63, 3.8) is 0 Å². The minimum absolute atomic E-state index is 0.0759. The van der Waals surface area contributed by atoms with Crippen molar-refractivity contribution in [3.05, 3.63) is 39.1 Å². The molecule has 0 bridgehead atoms. The van der Waals surface area contributed by atoms with Crippen LogP contribution in [0.2, 0.25) is 0 Å². The number of nitrogens with one attached hydrogen (secondary N) is 1. The van der Waals surface area contributed by atoms with Crippen LogP contribution in [-0.4, -0.2) is 9.97 Å². The number of hydrogen-bond acceptors (Lipinski definition) is 5. The van der Waals surface area contributed by atoms with Gasteiger partial charge in [0.1, 0.15) is 11.1 Å². The molecule has 2 rings (SSSR count). The van der Waals surface area contributed by atoms with E-state index in [0.29, 0.717) is 5.56 Å². The third-order valence-electron chi connectivity index (χ3n) is 2.82. The second-order valence-corrected chi connectivity index (χ2v) is 5.47. The minimum atomic E-state index is 0.0759. The molecule has 1 unspecified atom stereocenters. The molecule has 0 spiro atoms. The van der Waals surface area contributed by atoms with E-state index in [1.54, 1.807) is 11.3 Å². The standard InChI is InChI=1S/C14H16N4S/c1-8-5-13(12(6-15)10(3)16-8)18-11(4)14-17-9(2)7-19-14/h5,7,11H,1-4H3,(H,16,18). The quantitative estimate of drug-likeness (QED) is 0.928. The largest absolute Gasteiger partial charge is 0.375 e. The Kier molecular flexibility index (Phi) is 3.82. The maximum Gasteiger partial charge on any atom is 0.115 e. The van der Waals surface area contributed by atoms with Crippen molar-refractivity contribution in [1.29, 1.82) is 5.26 Å². The molecule has 98 valence electrons. The molecule has 0 aliphatic carbocycles. The van der Waals surface area contributed by atoms with Crippen molar-refractivity contribution < 1.29 is 0 Å². The molecule has 0 aliphatic rings. The fourth-order valence-corrected chi connectivity index (χ4v) is 2.75. The Morgan fingerprint density at radius 1 is 1.26 bits per heavy atom. The van der Waals surface area contributed by atoms with Crippen LogP contribution < -0.4 is 5.32 Å². The average molecular weight is 272 g/mol. The van der Waals surface area contributed by atoms with Gasteiger partial charge in [-0.15, -0.1) is 11.3 Å². The van der Waals surface area contributed by atoms with Gasteiger partial charge in [-0.1, -0.05) is 0 Å². The van der Waals surface area contributed by atoms with Crippen molar-refractivity contribution >= 4 is 17.0 Å². The number of nitrogens with zero attached hydrogens (tertiary/aromatic N) is 3. The maximum absolute atomic E-state index is 9.23. The van der Waals surface area contributed by atoms with Crippen LogP contribution in [0.5, 0.6) is 0 Å². The summed E-state index contributed by atoms with van der Waals surface area (Å²) in [5, 5.41) is 15.6. The summed E-state index contributed by atoms with van der Waals surface area (Å²) in [6.07, 6.45) is 0. The topological polar surface area (TPSA) is 61.6 Å². The van der Waals surface area contributed by atoms with Crippen LogP contribution in [0.4, 0.5) is 5.69 Å². The van der Waals surface area contributed by atoms with E-state index < -0.39 is 0 Å². The molecule has 5 heteroatoms. The molecule has 0 saturated heterocycles. The summed E-state index contributed by atoms with van der Waals surface area (Å²) in [6, 6.07) is 4.19. The first-order valence-electron chi connectivity index (χ1n) is 6.08. The van der Waals surface area contributed by atoms with E-state index in [2.05, 4.69) is 21.4 Å². The highest BCUT2D eigenvalue weighted by molar-refractivity contribution is 7.09. The Morgan fingerprint density at radius 3 is 2.58 bits per heavy atom. The summed E-state index contributed by atoms with van der Waals surface area (Å²) in [5.74, 6) is 0. The number of aryl methyl sites for hydroxylation is 3. The second-order valence-electron chi connectivity index (χ2n) is 4.58. The van der Waals surface area contributed by atoms with Gasteiger partial charge in [-0.3, -0.25) is 4.98 Å². The molecule has 19 heavy (non-hydrogen) atoms. The zero-order chi connectivity index (χ0) is 14.0. The van der Waals surface area contributed by atoms with Crippen LogP contribution in [0.1, 0.15) is 40.6 Å². The first kappa shape index (κ1) is 13.5. The van der Waals surface area contributed by atoms with Gasteiger partial charge in [-0.25, -0.2) is 4.98 Å². The molecule has 2 heterocycles. The molecule has 0 aliphatic heterocycles. The predicted octanol–water partition coefficient (Wildman–Crippen LogP) is 3.51. The van der Waals surface area contributed by atoms with Gasteiger partial charge in [0.15, 0.2) is 0 Å². The highest BCUT2D eigenvalue weighted by Crippen LogP contribution is 2.26. The lowest BCUT2D eigenvalue weighted by molar-refractivity contribution is 0.861. The van der Waals surface area contributed by atoms with Crippen molar-refractivity contribution in [1.82, 2.24) is 9.97 Å². The van der Waals surface area contributed by atoms with Crippen LogP contribution in [0.25, 0.3) is 0 Å². The summed E-state index contributed by atoms with van der Waals surface area (Å²) in [5.41, 5.74) is 4.11. The first-order valence-corrected chi connectivity index (χ1v) is 6.96. The number of aromatic nitrogens is 2. The van der Waals surface area contributed by atoms with Crippen molar-refractivity contribution in [2.75, 3.05) is 5.32 Å². The molecule has 2 aromatic rings. The predicted molar refractivity (Wildman–Crippen MR) is 77.3 cm³/mol. The third kappa shape index (κ3) is 2.91. The number of rotatable bonds is 3. The van der Waals surface area contributed by atoms with Crippen molar-refractivity contribution in [2.24, 2.45) is 0 Å². The Morgan fingerprint density at radius 2 is 2.00 bits per heavy atom. The van der Waals surface area contributed by atoms with Gasteiger partial charge in [0.25, 0.3) is 0 Å². The highest BCUT2D eigenvalue weighted by atomic mass is 32.1. The van der Waals surface area contributed by atoms with Gasteiger partial charge in [0, 0.05) is 16.8 Å². The van der Waals surface area contributed by atoms with E-state index in [-0.39, 0.29) is 6.04 Å². The van der Waals surface area contributed by atoms with Crippen LogP contribution in [0, 0.1) is 32.1 Å². The number of thiazole rings is 1. The molecule has 0 saturated carbocycles. The van der Waals surface area contributed by atoms with Crippen LogP contribution in [0.15, 0.2) is 11.4 Å². The van der Waals surface area contributed by atoms with E-state index >= 15 is 0 Å². The monoisotopic (exact) mass is 272 g/mol. The van der Waals surface area contributed by atoms with E-state index in [4.69, 9.17) is 0 Å². The van der Waals surface area contributed by atoms with Crippen LogP contribution in [0.3, 0.4) is 0 Å². The molecule has 4 nitrogen and oxygen atoms in total. The van der Waals surface area contributed by atoms with E-state index in [1.807, 2.05) is 39.1 Å². The average Bonchev–Trinajstić information content (AvgIpc) is 2.75. The fraction of sp³-hybridized carbons (Fsp3) is 0.357. The number of anilines is 1. The van der Waals surface area contributed by atoms with Crippen LogP contribution >= 0.6 is 11.3 Å². The lowest BCUT2D eigenvalue weighted by Gasteiger charge is -2.15. The Balaban J connectivity index is 2.31. The van der Waals surface area contributed by atoms with Crippen molar-refractivity contribution in [2.45, 2.75) is 33.7 Å². The summed E-state index contributed by atoms with van der Waals surface area (Å²) < 4.78 is 0. The molecule has 0 radical (unpaired) electrons. The van der Waals surface area contributed by atoms with Gasteiger partial charge in [0.05, 0.1) is 23.0 Å². The van der Waals surface area contributed by atoms with Crippen molar-refractivity contribution in [3.8, 4) is 6.07 Å². The summed E-state index contributed by atoms with van der Waals surface area (Å²) >= 11 is 1.63. The summed E-state index contributed by atoms with van der Waals surface area (Å²) in [7, 11) is 0. The molecule has 0 fully saturated rings. The molecule has 1 N–H and O–H groups in total. The third-order valence-corrected chi connectivity index (χ3v) is 3.96. The Hall–Kier alpha value is -1.93. The molecule has 0 aromatic carbocycles. The van der Waals surface area contributed by atoms with Crippen LogP contribution in [-0.2, 0) is 0 Å². The molecular weight excluding hydrogens is 256 g/mol. The highest BCUT2D eigenvalue weighted by Gasteiger charge is 2.13. The smallest absolute Gasteiger partial charge is 0.115 e. The minimum Gasteiger partial charge on any atom is -0.375 e.